The van der Waals surface area contributed by atoms with Gasteiger partial charge in [-0.3, -0.25) is 4.79 Å². The van der Waals surface area contributed by atoms with Gasteiger partial charge in [-0.2, -0.15) is 5.26 Å². The van der Waals surface area contributed by atoms with Crippen LogP contribution in [0.1, 0.15) is 12.5 Å². The highest BCUT2D eigenvalue weighted by atomic mass is 19.1. The number of hydrogen-bond donors (Lipinski definition) is 1. The number of hydrogen-bond acceptors (Lipinski definition) is 3. The number of rotatable bonds is 5. The molecule has 5 heteroatoms. The minimum Gasteiger partial charge on any atom is -0.492 e. The third-order valence-electron chi connectivity index (χ3n) is 2.96. The summed E-state index contributed by atoms with van der Waals surface area (Å²) in [6.07, 6.45) is 1.34. The number of nitrogens with one attached hydrogen (secondary N) is 1. The molecule has 0 atom stereocenters. The summed E-state index contributed by atoms with van der Waals surface area (Å²) in [4.78, 5) is 12.2. The average Bonchev–Trinajstić information content (AvgIpc) is 2.54. The van der Waals surface area contributed by atoms with Gasteiger partial charge in [-0.05, 0) is 42.8 Å². The Bertz CT molecular complexity index is 779. The summed E-state index contributed by atoms with van der Waals surface area (Å²) in [5.74, 6) is -0.492. The van der Waals surface area contributed by atoms with Crippen molar-refractivity contribution in [2.45, 2.75) is 6.92 Å². The van der Waals surface area contributed by atoms with Crippen LogP contribution in [-0.2, 0) is 4.79 Å². The zero-order valence-electron chi connectivity index (χ0n) is 12.5. The van der Waals surface area contributed by atoms with Gasteiger partial charge in [-0.1, -0.05) is 24.3 Å². The van der Waals surface area contributed by atoms with Crippen LogP contribution in [0, 0.1) is 17.1 Å². The number of carbonyl (C=O) groups is 1. The van der Waals surface area contributed by atoms with Crippen molar-refractivity contribution in [3.8, 4) is 11.8 Å². The van der Waals surface area contributed by atoms with Crippen LogP contribution in [-0.4, -0.2) is 12.5 Å². The van der Waals surface area contributed by atoms with Crippen LogP contribution in [0.3, 0.4) is 0 Å². The van der Waals surface area contributed by atoms with Crippen LogP contribution >= 0.6 is 0 Å². The molecular formula is C18H15FN2O2. The van der Waals surface area contributed by atoms with Gasteiger partial charge in [0, 0.05) is 0 Å². The molecule has 0 saturated carbocycles. The lowest BCUT2D eigenvalue weighted by atomic mass is 10.1. The van der Waals surface area contributed by atoms with Crippen molar-refractivity contribution < 1.29 is 13.9 Å². The maximum absolute atomic E-state index is 13.2. The van der Waals surface area contributed by atoms with Crippen LogP contribution in [0.4, 0.5) is 10.1 Å². The molecule has 0 spiro atoms. The highest BCUT2D eigenvalue weighted by Crippen LogP contribution is 2.24. The Balaban J connectivity index is 2.23. The number of benzene rings is 2. The smallest absolute Gasteiger partial charge is 0.266 e. The third kappa shape index (κ3) is 4.42. The largest absolute Gasteiger partial charge is 0.492 e. The van der Waals surface area contributed by atoms with E-state index < -0.39 is 11.7 Å². The van der Waals surface area contributed by atoms with E-state index in [0.29, 0.717) is 23.6 Å². The molecule has 0 saturated heterocycles. The maximum Gasteiger partial charge on any atom is 0.266 e. The minimum absolute atomic E-state index is 0.123. The first-order valence-corrected chi connectivity index (χ1v) is 7.04. The van der Waals surface area contributed by atoms with Gasteiger partial charge in [-0.25, -0.2) is 4.39 Å². The molecule has 23 heavy (non-hydrogen) atoms. The molecule has 116 valence electrons. The Morgan fingerprint density at radius 3 is 2.78 bits per heavy atom. The number of amides is 1. The standard InChI is InChI=1S/C18H15FN2O2/c1-2-23-17-9-4-3-8-16(17)21-18(22)14(12-20)10-13-6-5-7-15(19)11-13/h3-11H,2H2,1H3,(H,21,22)/b14-10+. The number of carbonyl (C=O) groups excluding carboxylic acids is 1. The minimum atomic E-state index is -0.580. The number of nitriles is 1. The van der Waals surface area contributed by atoms with Crippen LogP contribution in [0.15, 0.2) is 54.1 Å². The van der Waals surface area contributed by atoms with Crippen molar-refractivity contribution in [2.75, 3.05) is 11.9 Å². The Kier molecular flexibility index (Phi) is 5.48. The fourth-order valence-corrected chi connectivity index (χ4v) is 1.95. The molecular weight excluding hydrogens is 295 g/mol. The average molecular weight is 310 g/mol. The van der Waals surface area contributed by atoms with E-state index in [2.05, 4.69) is 5.32 Å². The molecule has 0 radical (unpaired) electrons. The normalized spacial score (nSPS) is 10.7. The highest BCUT2D eigenvalue weighted by Gasteiger charge is 2.12. The van der Waals surface area contributed by atoms with E-state index >= 15 is 0 Å². The molecule has 2 aromatic rings. The first-order valence-electron chi connectivity index (χ1n) is 7.04. The number of nitrogens with zero attached hydrogens (tertiary/aromatic N) is 1. The molecule has 0 unspecified atom stereocenters. The Labute approximate surface area is 133 Å². The van der Waals surface area contributed by atoms with Crippen LogP contribution < -0.4 is 10.1 Å². The van der Waals surface area contributed by atoms with Crippen molar-refractivity contribution in [3.63, 3.8) is 0 Å². The Morgan fingerprint density at radius 2 is 2.09 bits per heavy atom. The topological polar surface area (TPSA) is 62.1 Å². The first kappa shape index (κ1) is 16.2. The molecule has 0 fully saturated rings. The molecule has 0 aliphatic heterocycles. The van der Waals surface area contributed by atoms with Crippen LogP contribution in [0.2, 0.25) is 0 Å². The van der Waals surface area contributed by atoms with Gasteiger partial charge in [0.2, 0.25) is 0 Å². The highest BCUT2D eigenvalue weighted by molar-refractivity contribution is 6.10. The lowest BCUT2D eigenvalue weighted by Gasteiger charge is -2.10. The molecule has 4 nitrogen and oxygen atoms in total. The summed E-state index contributed by atoms with van der Waals surface area (Å²) in [6, 6.07) is 14.4. The van der Waals surface area contributed by atoms with Crippen molar-refractivity contribution in [1.29, 1.82) is 5.26 Å². The number of halogens is 1. The molecule has 2 rings (SSSR count). The molecule has 1 N–H and O–H groups in total. The molecule has 2 aromatic carbocycles. The number of ether oxygens (including phenoxy) is 1. The van der Waals surface area contributed by atoms with Crippen molar-refractivity contribution >= 4 is 17.7 Å². The second-order valence-electron chi connectivity index (χ2n) is 4.61. The summed E-state index contributed by atoms with van der Waals surface area (Å²) >= 11 is 0. The SMILES string of the molecule is CCOc1ccccc1NC(=O)/C(C#N)=C/c1cccc(F)c1. The first-order chi connectivity index (χ1) is 11.1. The molecule has 0 bridgehead atoms. The number of anilines is 1. The van der Waals surface area contributed by atoms with Gasteiger partial charge < -0.3 is 10.1 Å². The maximum atomic E-state index is 13.2. The fourth-order valence-electron chi connectivity index (χ4n) is 1.95. The van der Waals surface area contributed by atoms with Gasteiger partial charge in [0.15, 0.2) is 0 Å². The quantitative estimate of drug-likeness (QED) is 0.675. The monoisotopic (exact) mass is 310 g/mol. The number of para-hydroxylation sites is 2. The summed E-state index contributed by atoms with van der Waals surface area (Å²) < 4.78 is 18.6. The van der Waals surface area contributed by atoms with Crippen molar-refractivity contribution in [1.82, 2.24) is 0 Å². The van der Waals surface area contributed by atoms with E-state index in [-0.39, 0.29) is 5.57 Å². The molecule has 0 aliphatic rings. The second kappa shape index (κ2) is 7.76. The van der Waals surface area contributed by atoms with Gasteiger partial charge in [0.1, 0.15) is 23.2 Å². The van der Waals surface area contributed by atoms with E-state index in [9.17, 15) is 14.4 Å². The summed E-state index contributed by atoms with van der Waals surface area (Å²) in [6.45, 7) is 2.29. The zero-order chi connectivity index (χ0) is 16.7. The molecule has 0 aromatic heterocycles. The van der Waals surface area contributed by atoms with E-state index in [1.807, 2.05) is 13.0 Å². The Hall–Kier alpha value is -3.13. The van der Waals surface area contributed by atoms with E-state index in [1.165, 1.54) is 24.3 Å². The Morgan fingerprint density at radius 1 is 1.30 bits per heavy atom. The van der Waals surface area contributed by atoms with E-state index in [4.69, 9.17) is 4.74 Å². The molecule has 1 amide bonds. The lowest BCUT2D eigenvalue weighted by Crippen LogP contribution is -2.14. The molecule has 0 aliphatic carbocycles. The van der Waals surface area contributed by atoms with E-state index in [1.54, 1.807) is 30.3 Å². The summed E-state index contributed by atoms with van der Waals surface area (Å²) in [5.41, 5.74) is 0.788. The predicted octanol–water partition coefficient (Wildman–Crippen LogP) is 3.77. The van der Waals surface area contributed by atoms with Gasteiger partial charge >= 0.3 is 0 Å². The molecule has 0 heterocycles. The van der Waals surface area contributed by atoms with Crippen LogP contribution in [0.5, 0.6) is 5.75 Å². The predicted molar refractivity (Wildman–Crippen MR) is 86.2 cm³/mol. The van der Waals surface area contributed by atoms with Crippen molar-refractivity contribution in [3.05, 3.63) is 65.5 Å². The van der Waals surface area contributed by atoms with Gasteiger partial charge in [0.05, 0.1) is 12.3 Å². The van der Waals surface area contributed by atoms with Gasteiger partial charge in [0.25, 0.3) is 5.91 Å². The van der Waals surface area contributed by atoms with Gasteiger partial charge in [-0.15, -0.1) is 0 Å². The van der Waals surface area contributed by atoms with Crippen molar-refractivity contribution in [2.24, 2.45) is 0 Å². The third-order valence-corrected chi connectivity index (χ3v) is 2.96. The van der Waals surface area contributed by atoms with Crippen LogP contribution in [0.25, 0.3) is 6.08 Å². The summed E-state index contributed by atoms with van der Waals surface area (Å²) in [7, 11) is 0. The summed E-state index contributed by atoms with van der Waals surface area (Å²) in [5, 5.41) is 11.8. The lowest BCUT2D eigenvalue weighted by molar-refractivity contribution is -0.112. The second-order valence-corrected chi connectivity index (χ2v) is 4.61. The van der Waals surface area contributed by atoms with E-state index in [0.717, 1.165) is 0 Å². The zero-order valence-corrected chi connectivity index (χ0v) is 12.5. The fraction of sp³-hybridized carbons (Fsp3) is 0.111.